The van der Waals surface area contributed by atoms with Crippen molar-refractivity contribution >= 4 is 6.21 Å². The molecular formula is C8H16N2. The third-order valence-corrected chi connectivity index (χ3v) is 1.32. The van der Waals surface area contributed by atoms with E-state index in [-0.39, 0.29) is 5.41 Å². The van der Waals surface area contributed by atoms with Crippen LogP contribution < -0.4 is 5.32 Å². The van der Waals surface area contributed by atoms with Gasteiger partial charge in [0.2, 0.25) is 0 Å². The van der Waals surface area contributed by atoms with Crippen molar-refractivity contribution in [2.75, 3.05) is 7.05 Å². The van der Waals surface area contributed by atoms with Gasteiger partial charge in [-0.15, -0.1) is 0 Å². The van der Waals surface area contributed by atoms with E-state index < -0.39 is 0 Å². The van der Waals surface area contributed by atoms with Crippen LogP contribution >= 0.6 is 0 Å². The average molecular weight is 140 g/mol. The molecule has 0 atom stereocenters. The Morgan fingerprint density at radius 2 is 1.90 bits per heavy atom. The lowest BCUT2D eigenvalue weighted by Crippen LogP contribution is -2.13. The summed E-state index contributed by atoms with van der Waals surface area (Å²) in [5.41, 5.74) is 1.08. The van der Waals surface area contributed by atoms with Gasteiger partial charge in [-0.3, -0.25) is 0 Å². The first-order valence-electron chi connectivity index (χ1n) is 3.40. The molecule has 0 aromatic heterocycles. The second-order valence-corrected chi connectivity index (χ2v) is 3.28. The van der Waals surface area contributed by atoms with Gasteiger partial charge in [-0.1, -0.05) is 20.8 Å². The number of hydrogen-bond acceptors (Lipinski definition) is 2. The monoisotopic (exact) mass is 140 g/mol. The maximum absolute atomic E-state index is 7.09. The molecule has 0 aromatic carbocycles. The van der Waals surface area contributed by atoms with Gasteiger partial charge in [-0.2, -0.15) is 0 Å². The highest BCUT2D eigenvalue weighted by Gasteiger charge is 2.13. The summed E-state index contributed by atoms with van der Waals surface area (Å²) in [6.45, 7) is 6.25. The second kappa shape index (κ2) is 3.40. The van der Waals surface area contributed by atoms with Gasteiger partial charge in [-0.05, 0) is 11.0 Å². The number of hydrogen-bond donors (Lipinski definition) is 2. The summed E-state index contributed by atoms with van der Waals surface area (Å²) in [6, 6.07) is 0. The van der Waals surface area contributed by atoms with Gasteiger partial charge in [0, 0.05) is 19.5 Å². The summed E-state index contributed by atoms with van der Waals surface area (Å²) in [5, 5.41) is 10.00. The summed E-state index contributed by atoms with van der Waals surface area (Å²) in [6.07, 6.45) is 3.24. The zero-order chi connectivity index (χ0) is 8.20. The van der Waals surface area contributed by atoms with E-state index in [0.717, 1.165) is 5.57 Å². The lowest BCUT2D eigenvalue weighted by Gasteiger charge is -2.18. The molecule has 0 heterocycles. The Labute approximate surface area is 62.8 Å². The summed E-state index contributed by atoms with van der Waals surface area (Å²) < 4.78 is 0. The fraction of sp³-hybridized carbons (Fsp3) is 0.625. The Kier molecular flexibility index (Phi) is 3.13. The van der Waals surface area contributed by atoms with Gasteiger partial charge < -0.3 is 10.7 Å². The van der Waals surface area contributed by atoms with E-state index >= 15 is 0 Å². The SMILES string of the molecule is CN/C=C(\C=N)C(C)(C)C. The molecule has 0 fully saturated rings. The van der Waals surface area contributed by atoms with E-state index in [9.17, 15) is 0 Å². The Morgan fingerprint density at radius 1 is 1.40 bits per heavy atom. The molecule has 0 spiro atoms. The molecule has 2 heteroatoms. The molecule has 10 heavy (non-hydrogen) atoms. The molecule has 0 bridgehead atoms. The molecular weight excluding hydrogens is 124 g/mol. The minimum Gasteiger partial charge on any atom is -0.394 e. The molecule has 0 radical (unpaired) electrons. The third-order valence-electron chi connectivity index (χ3n) is 1.32. The Balaban J connectivity index is 4.36. The topological polar surface area (TPSA) is 35.9 Å². The maximum atomic E-state index is 7.09. The Morgan fingerprint density at radius 3 is 2.00 bits per heavy atom. The number of rotatable bonds is 2. The quantitative estimate of drug-likeness (QED) is 0.563. The van der Waals surface area contributed by atoms with E-state index in [1.807, 2.05) is 13.2 Å². The minimum atomic E-state index is 0.0742. The van der Waals surface area contributed by atoms with E-state index in [1.54, 1.807) is 0 Å². The fourth-order valence-corrected chi connectivity index (χ4v) is 0.630. The average Bonchev–Trinajstić information content (AvgIpc) is 1.80. The molecule has 0 aliphatic heterocycles. The van der Waals surface area contributed by atoms with E-state index in [1.165, 1.54) is 6.21 Å². The molecule has 0 aliphatic carbocycles. The lowest BCUT2D eigenvalue weighted by molar-refractivity contribution is 0.523. The summed E-state index contributed by atoms with van der Waals surface area (Å²) in [4.78, 5) is 0. The van der Waals surface area contributed by atoms with Gasteiger partial charge in [0.15, 0.2) is 0 Å². The summed E-state index contributed by atoms with van der Waals surface area (Å²) >= 11 is 0. The van der Waals surface area contributed by atoms with Crippen LogP contribution in [0.3, 0.4) is 0 Å². The predicted molar refractivity (Wildman–Crippen MR) is 45.4 cm³/mol. The van der Waals surface area contributed by atoms with Crippen LogP contribution in [0.4, 0.5) is 0 Å². The molecule has 0 unspecified atom stereocenters. The Bertz CT molecular complexity index is 140. The summed E-state index contributed by atoms with van der Waals surface area (Å²) in [5.74, 6) is 0. The van der Waals surface area contributed by atoms with Crippen molar-refractivity contribution in [2.45, 2.75) is 20.8 Å². The van der Waals surface area contributed by atoms with Crippen molar-refractivity contribution in [1.82, 2.24) is 5.32 Å². The highest BCUT2D eigenvalue weighted by Crippen LogP contribution is 2.22. The second-order valence-electron chi connectivity index (χ2n) is 3.28. The van der Waals surface area contributed by atoms with Crippen molar-refractivity contribution in [3.05, 3.63) is 11.8 Å². The van der Waals surface area contributed by atoms with Gasteiger partial charge in [0.25, 0.3) is 0 Å². The molecule has 58 valence electrons. The van der Waals surface area contributed by atoms with Gasteiger partial charge in [0.05, 0.1) is 0 Å². The number of nitrogens with one attached hydrogen (secondary N) is 2. The Hall–Kier alpha value is -0.790. The van der Waals surface area contributed by atoms with Gasteiger partial charge in [-0.25, -0.2) is 0 Å². The molecule has 0 rings (SSSR count). The third kappa shape index (κ3) is 2.67. The smallest absolute Gasteiger partial charge is 0.0229 e. The van der Waals surface area contributed by atoms with E-state index in [2.05, 4.69) is 26.1 Å². The standard InChI is InChI=1S/C8H16N2/c1-8(2,3)7(5-9)6-10-4/h5-6,9-10H,1-4H3/b7-6+,9-5?. The molecule has 0 saturated carbocycles. The van der Waals surface area contributed by atoms with Gasteiger partial charge >= 0.3 is 0 Å². The van der Waals surface area contributed by atoms with Crippen molar-refractivity contribution in [2.24, 2.45) is 5.41 Å². The minimum absolute atomic E-state index is 0.0742. The zero-order valence-electron chi connectivity index (χ0n) is 7.15. The first-order chi connectivity index (χ1) is 4.52. The molecule has 0 aromatic rings. The van der Waals surface area contributed by atoms with Crippen LogP contribution in [0.25, 0.3) is 0 Å². The molecule has 0 saturated heterocycles. The van der Waals surface area contributed by atoms with Crippen LogP contribution in [0.1, 0.15) is 20.8 Å². The molecule has 0 amide bonds. The van der Waals surface area contributed by atoms with Crippen LogP contribution in [0, 0.1) is 10.8 Å². The van der Waals surface area contributed by atoms with Crippen LogP contribution in [-0.4, -0.2) is 13.3 Å². The highest BCUT2D eigenvalue weighted by atomic mass is 14.8. The van der Waals surface area contributed by atoms with Crippen LogP contribution in [-0.2, 0) is 0 Å². The van der Waals surface area contributed by atoms with E-state index in [4.69, 9.17) is 5.41 Å². The van der Waals surface area contributed by atoms with Crippen molar-refractivity contribution < 1.29 is 0 Å². The lowest BCUT2D eigenvalue weighted by atomic mass is 9.88. The maximum Gasteiger partial charge on any atom is 0.0229 e. The first kappa shape index (κ1) is 9.21. The van der Waals surface area contributed by atoms with E-state index in [0.29, 0.717) is 0 Å². The highest BCUT2D eigenvalue weighted by molar-refractivity contribution is 5.77. The zero-order valence-corrected chi connectivity index (χ0v) is 7.15. The molecule has 2 nitrogen and oxygen atoms in total. The fourth-order valence-electron chi connectivity index (χ4n) is 0.630. The predicted octanol–water partition coefficient (Wildman–Crippen LogP) is 1.79. The van der Waals surface area contributed by atoms with Crippen molar-refractivity contribution in [3.8, 4) is 0 Å². The van der Waals surface area contributed by atoms with Crippen LogP contribution in [0.2, 0.25) is 0 Å². The normalized spacial score (nSPS) is 13.0. The molecule has 2 N–H and O–H groups in total. The van der Waals surface area contributed by atoms with Crippen LogP contribution in [0.5, 0.6) is 0 Å². The first-order valence-corrected chi connectivity index (χ1v) is 3.40. The largest absolute Gasteiger partial charge is 0.394 e. The number of allylic oxidation sites excluding steroid dienone is 1. The summed E-state index contributed by atoms with van der Waals surface area (Å²) in [7, 11) is 1.84. The van der Waals surface area contributed by atoms with Crippen LogP contribution in [0.15, 0.2) is 11.8 Å². The van der Waals surface area contributed by atoms with Crippen molar-refractivity contribution in [1.29, 1.82) is 5.41 Å². The van der Waals surface area contributed by atoms with Crippen molar-refractivity contribution in [3.63, 3.8) is 0 Å². The van der Waals surface area contributed by atoms with Gasteiger partial charge in [0.1, 0.15) is 0 Å². The molecule has 0 aliphatic rings.